The molecule has 0 spiro atoms. The lowest BCUT2D eigenvalue weighted by atomic mass is 10.1. The molecule has 2 aromatic rings. The topological polar surface area (TPSA) is 86.3 Å². The van der Waals surface area contributed by atoms with E-state index in [9.17, 15) is 9.90 Å². The summed E-state index contributed by atoms with van der Waals surface area (Å²) in [6.07, 6.45) is -0.739. The van der Waals surface area contributed by atoms with E-state index in [0.717, 1.165) is 0 Å². The van der Waals surface area contributed by atoms with Gasteiger partial charge in [0.15, 0.2) is 17.2 Å². The van der Waals surface area contributed by atoms with Crippen LogP contribution in [-0.2, 0) is 4.74 Å². The molecule has 1 aliphatic heterocycles. The zero-order valence-corrected chi connectivity index (χ0v) is 14.8. The molecule has 1 aliphatic rings. The van der Waals surface area contributed by atoms with E-state index in [2.05, 4.69) is 5.32 Å². The zero-order chi connectivity index (χ0) is 18.5. The molecule has 0 aliphatic carbocycles. The second-order valence-corrected chi connectivity index (χ2v) is 5.82. The smallest absolute Gasteiger partial charge is 0.337 e. The molecule has 2 N–H and O–H groups in total. The summed E-state index contributed by atoms with van der Waals surface area (Å²) in [4.78, 5) is 11.8. The van der Waals surface area contributed by atoms with Crippen molar-refractivity contribution in [2.75, 3.05) is 31.6 Å². The molecule has 138 valence electrons. The van der Waals surface area contributed by atoms with E-state index in [0.29, 0.717) is 34.2 Å². The van der Waals surface area contributed by atoms with Gasteiger partial charge >= 0.3 is 5.97 Å². The van der Waals surface area contributed by atoms with E-state index in [4.69, 9.17) is 30.5 Å². The number of esters is 1. The zero-order valence-electron chi connectivity index (χ0n) is 14.0. The molecule has 0 aromatic heterocycles. The Kier molecular flexibility index (Phi) is 5.70. The normalized spacial score (nSPS) is 13.2. The molecular weight excluding hydrogens is 362 g/mol. The summed E-state index contributed by atoms with van der Waals surface area (Å²) in [7, 11) is 1.31. The predicted molar refractivity (Wildman–Crippen MR) is 95.6 cm³/mol. The SMILES string of the molecule is COC(=O)c1ccc(Oc2ccc3c(c2)OCO3)c(NCC(O)CCl)c1. The van der Waals surface area contributed by atoms with Crippen LogP contribution in [0.15, 0.2) is 36.4 Å². The molecule has 1 heterocycles. The van der Waals surface area contributed by atoms with E-state index >= 15 is 0 Å². The average Bonchev–Trinajstić information content (AvgIpc) is 3.14. The van der Waals surface area contributed by atoms with Gasteiger partial charge in [0.1, 0.15) is 5.75 Å². The number of nitrogens with one attached hydrogen (secondary N) is 1. The molecule has 0 amide bonds. The van der Waals surface area contributed by atoms with Crippen LogP contribution in [0.3, 0.4) is 0 Å². The Morgan fingerprint density at radius 2 is 2.08 bits per heavy atom. The van der Waals surface area contributed by atoms with Crippen LogP contribution in [-0.4, -0.2) is 43.5 Å². The third-order valence-electron chi connectivity index (χ3n) is 3.68. The number of benzene rings is 2. The maximum absolute atomic E-state index is 11.8. The molecule has 1 unspecified atom stereocenters. The van der Waals surface area contributed by atoms with Crippen molar-refractivity contribution in [1.82, 2.24) is 0 Å². The first-order chi connectivity index (χ1) is 12.6. The third kappa shape index (κ3) is 4.12. The standard InChI is InChI=1S/C18H18ClNO6/c1-23-18(22)11-2-4-15(14(6-11)20-9-12(21)8-19)26-13-3-5-16-17(7-13)25-10-24-16/h2-7,12,20-21H,8-10H2,1H3. The minimum Gasteiger partial charge on any atom is -0.465 e. The number of aliphatic hydroxyl groups is 1. The molecule has 26 heavy (non-hydrogen) atoms. The number of fused-ring (bicyclic) bond motifs is 1. The van der Waals surface area contributed by atoms with Gasteiger partial charge in [-0.05, 0) is 30.3 Å². The highest BCUT2D eigenvalue weighted by atomic mass is 35.5. The van der Waals surface area contributed by atoms with Gasteiger partial charge in [0.05, 0.1) is 30.3 Å². The number of ether oxygens (including phenoxy) is 4. The van der Waals surface area contributed by atoms with Crippen molar-refractivity contribution in [2.24, 2.45) is 0 Å². The van der Waals surface area contributed by atoms with E-state index < -0.39 is 12.1 Å². The fourth-order valence-electron chi connectivity index (χ4n) is 2.35. The van der Waals surface area contributed by atoms with Crippen molar-refractivity contribution in [3.05, 3.63) is 42.0 Å². The Balaban J connectivity index is 1.85. The number of carbonyl (C=O) groups excluding carboxylic acids is 1. The highest BCUT2D eigenvalue weighted by Crippen LogP contribution is 2.38. The van der Waals surface area contributed by atoms with Gasteiger partial charge in [-0.15, -0.1) is 11.6 Å². The molecule has 0 fully saturated rings. The lowest BCUT2D eigenvalue weighted by Crippen LogP contribution is -2.21. The van der Waals surface area contributed by atoms with Gasteiger partial charge in [-0.3, -0.25) is 0 Å². The van der Waals surface area contributed by atoms with Gasteiger partial charge in [-0.2, -0.15) is 0 Å². The number of hydrogen-bond donors (Lipinski definition) is 2. The summed E-state index contributed by atoms with van der Waals surface area (Å²) >= 11 is 5.62. The van der Waals surface area contributed by atoms with Crippen molar-refractivity contribution in [3.8, 4) is 23.0 Å². The Bertz CT molecular complexity index is 797. The number of rotatable bonds is 7. The molecule has 1 atom stereocenters. The number of methoxy groups -OCH3 is 1. The highest BCUT2D eigenvalue weighted by Gasteiger charge is 2.16. The van der Waals surface area contributed by atoms with Gasteiger partial charge in [0.2, 0.25) is 6.79 Å². The first-order valence-electron chi connectivity index (χ1n) is 7.88. The van der Waals surface area contributed by atoms with Gasteiger partial charge in [-0.1, -0.05) is 0 Å². The average molecular weight is 380 g/mol. The minimum absolute atomic E-state index is 0.0854. The summed E-state index contributed by atoms with van der Waals surface area (Å²) in [6, 6.07) is 10.1. The molecular formula is C18H18ClNO6. The van der Waals surface area contributed by atoms with E-state index in [1.807, 2.05) is 0 Å². The number of alkyl halides is 1. The Morgan fingerprint density at radius 3 is 2.85 bits per heavy atom. The summed E-state index contributed by atoms with van der Waals surface area (Å²) in [6.45, 7) is 0.376. The van der Waals surface area contributed by atoms with Crippen LogP contribution in [0.4, 0.5) is 5.69 Å². The minimum atomic E-state index is -0.739. The maximum atomic E-state index is 11.8. The second-order valence-electron chi connectivity index (χ2n) is 5.51. The van der Waals surface area contributed by atoms with Crippen molar-refractivity contribution in [1.29, 1.82) is 0 Å². The molecule has 2 aromatic carbocycles. The van der Waals surface area contributed by atoms with E-state index in [-0.39, 0.29) is 19.2 Å². The largest absolute Gasteiger partial charge is 0.465 e. The quantitative estimate of drug-likeness (QED) is 0.565. The summed E-state index contributed by atoms with van der Waals surface area (Å²) in [5.41, 5.74) is 0.878. The summed E-state index contributed by atoms with van der Waals surface area (Å²) in [5, 5.41) is 12.7. The Labute approximate surface area is 155 Å². The van der Waals surface area contributed by atoms with Crippen molar-refractivity contribution < 1.29 is 28.8 Å². The highest BCUT2D eigenvalue weighted by molar-refractivity contribution is 6.18. The van der Waals surface area contributed by atoms with Crippen LogP contribution in [0.1, 0.15) is 10.4 Å². The van der Waals surface area contributed by atoms with Crippen molar-refractivity contribution in [2.45, 2.75) is 6.10 Å². The fraction of sp³-hybridized carbons (Fsp3) is 0.278. The molecule has 8 heteroatoms. The molecule has 7 nitrogen and oxygen atoms in total. The van der Waals surface area contributed by atoms with Crippen molar-refractivity contribution in [3.63, 3.8) is 0 Å². The Hall–Kier alpha value is -2.64. The number of carbonyl (C=O) groups is 1. The monoisotopic (exact) mass is 379 g/mol. The van der Waals surface area contributed by atoms with Crippen LogP contribution < -0.4 is 19.5 Å². The predicted octanol–water partition coefficient (Wildman–Crippen LogP) is 3.01. The Morgan fingerprint density at radius 1 is 1.27 bits per heavy atom. The molecule has 0 saturated heterocycles. The van der Waals surface area contributed by atoms with Crippen LogP contribution in [0, 0.1) is 0 Å². The van der Waals surface area contributed by atoms with Gasteiger partial charge < -0.3 is 29.4 Å². The van der Waals surface area contributed by atoms with E-state index in [1.54, 1.807) is 36.4 Å². The molecule has 0 radical (unpaired) electrons. The second kappa shape index (κ2) is 8.16. The van der Waals surface area contributed by atoms with Gasteiger partial charge in [0, 0.05) is 12.6 Å². The number of halogens is 1. The van der Waals surface area contributed by atoms with Crippen LogP contribution >= 0.6 is 11.6 Å². The van der Waals surface area contributed by atoms with Crippen molar-refractivity contribution >= 4 is 23.3 Å². The molecule has 0 bridgehead atoms. The lowest BCUT2D eigenvalue weighted by molar-refractivity contribution is 0.0601. The number of hydrogen-bond acceptors (Lipinski definition) is 7. The van der Waals surface area contributed by atoms with Crippen LogP contribution in [0.2, 0.25) is 0 Å². The fourth-order valence-corrected chi connectivity index (χ4v) is 2.46. The summed E-state index contributed by atoms with van der Waals surface area (Å²) in [5.74, 6) is 1.88. The molecule has 3 rings (SSSR count). The van der Waals surface area contributed by atoms with Crippen LogP contribution in [0.25, 0.3) is 0 Å². The van der Waals surface area contributed by atoms with E-state index in [1.165, 1.54) is 7.11 Å². The van der Waals surface area contributed by atoms with Gasteiger partial charge in [0.25, 0.3) is 0 Å². The molecule has 0 saturated carbocycles. The first-order valence-corrected chi connectivity index (χ1v) is 8.42. The first kappa shape index (κ1) is 18.2. The van der Waals surface area contributed by atoms with Gasteiger partial charge in [-0.25, -0.2) is 4.79 Å². The number of anilines is 1. The van der Waals surface area contributed by atoms with Crippen LogP contribution in [0.5, 0.6) is 23.0 Å². The third-order valence-corrected chi connectivity index (χ3v) is 4.03. The maximum Gasteiger partial charge on any atom is 0.337 e. The summed E-state index contributed by atoms with van der Waals surface area (Å²) < 4.78 is 21.3. The lowest BCUT2D eigenvalue weighted by Gasteiger charge is -2.16. The number of aliphatic hydroxyl groups excluding tert-OH is 1.